The van der Waals surface area contributed by atoms with E-state index in [1.807, 2.05) is 0 Å². The monoisotopic (exact) mass is 755 g/mol. The Labute approximate surface area is 294 Å². The number of halogens is 1. The zero-order valence-electron chi connectivity index (χ0n) is 26.7. The van der Waals surface area contributed by atoms with Gasteiger partial charge in [0.15, 0.2) is 29.9 Å². The van der Waals surface area contributed by atoms with Crippen LogP contribution in [0.1, 0.15) is 36.7 Å². The number of fused-ring (bicyclic) bond motifs is 2. The molecular formula is C27H26B2FN9O11P2. The number of ether oxygens (including phenoxy) is 2. The molecule has 9 rings (SSSR count). The molecule has 268 valence electrons. The molecule has 0 bridgehead atoms. The van der Waals surface area contributed by atoms with Gasteiger partial charge >= 0.3 is 0 Å². The molecule has 9 heterocycles. The molecule has 3 N–H and O–H groups in total. The third-order valence-corrected chi connectivity index (χ3v) is 11.5. The van der Waals surface area contributed by atoms with E-state index < -0.39 is 77.3 Å². The number of nitrogens with one attached hydrogen (secondary N) is 2. The first-order valence-corrected chi connectivity index (χ1v) is 19.3. The van der Waals surface area contributed by atoms with Crippen LogP contribution in [0.5, 0.6) is 0 Å². The molecule has 3 saturated heterocycles. The van der Waals surface area contributed by atoms with Crippen LogP contribution < -0.4 is 10.6 Å². The lowest BCUT2D eigenvalue weighted by Crippen LogP contribution is -2.38. The van der Waals surface area contributed by atoms with Gasteiger partial charge in [-0.15, -0.1) is 0 Å². The van der Waals surface area contributed by atoms with Crippen molar-refractivity contribution in [2.24, 2.45) is 0 Å². The second kappa shape index (κ2) is 12.5. The molecule has 5 aliphatic heterocycles. The molecule has 20 nitrogen and oxygen atoms in total. The average molecular weight is 755 g/mol. The first-order valence-electron chi connectivity index (χ1n) is 16.1. The molecule has 2 amide bonds. The molecule has 0 aromatic carbocycles. The SMILES string of the molecule is [B]P1(=O)OC[C@H]2O[C@@H](n3nc4c5c(ncnc53)NC(=O)CC4)C(F)[C@H]2OP([B])(=O)OC[C@H]2O[C@@H](n3nc4c5c(ccnc53)NC(=O)CC4)[C@@H](O)C2O1. The van der Waals surface area contributed by atoms with Crippen LogP contribution in [0.4, 0.5) is 15.9 Å². The van der Waals surface area contributed by atoms with E-state index in [0.29, 0.717) is 27.8 Å². The number of hydrogen-bond donors (Lipinski definition) is 3. The number of aliphatic hydroxyl groups excluding tert-OH is 1. The van der Waals surface area contributed by atoms with Crippen molar-refractivity contribution >= 4 is 75.5 Å². The van der Waals surface area contributed by atoms with Gasteiger partial charge in [-0.1, -0.05) is 0 Å². The maximum absolute atomic E-state index is 16.4. The van der Waals surface area contributed by atoms with Gasteiger partial charge in [-0.25, -0.2) is 28.7 Å². The first kappa shape index (κ1) is 34.1. The quantitative estimate of drug-likeness (QED) is 0.190. The number of aromatic nitrogens is 7. The molecule has 3 fully saturated rings. The summed E-state index contributed by atoms with van der Waals surface area (Å²) in [4.78, 5) is 37.0. The van der Waals surface area contributed by atoms with E-state index in [9.17, 15) is 23.8 Å². The number of aliphatic hydroxyl groups is 1. The zero-order chi connectivity index (χ0) is 36.1. The number of hydrogen-bond acceptors (Lipinski definition) is 16. The summed E-state index contributed by atoms with van der Waals surface area (Å²) in [5, 5.41) is 26.9. The van der Waals surface area contributed by atoms with E-state index in [4.69, 9.17) is 42.7 Å². The Hall–Kier alpha value is -3.65. The van der Waals surface area contributed by atoms with E-state index in [1.165, 1.54) is 10.9 Å². The number of alkyl halides is 1. The zero-order valence-corrected chi connectivity index (χ0v) is 28.5. The molecule has 0 saturated carbocycles. The minimum atomic E-state index is -4.64. The number of anilines is 2. The summed E-state index contributed by atoms with van der Waals surface area (Å²) in [7, 11) is 2.72. The number of aryl methyl sites for hydroxylation is 2. The Morgan fingerprint density at radius 3 is 2.13 bits per heavy atom. The maximum atomic E-state index is 16.4. The molecule has 4 aromatic rings. The molecule has 5 aliphatic rings. The van der Waals surface area contributed by atoms with Gasteiger partial charge in [0, 0.05) is 31.9 Å². The highest BCUT2D eigenvalue weighted by Crippen LogP contribution is 2.54. The van der Waals surface area contributed by atoms with Gasteiger partial charge in [0.2, 0.25) is 26.9 Å². The van der Waals surface area contributed by atoms with Crippen molar-refractivity contribution in [3.8, 4) is 0 Å². The Morgan fingerprint density at radius 2 is 1.40 bits per heavy atom. The molecular weight excluding hydrogens is 729 g/mol. The normalized spacial score (nSPS) is 36.6. The van der Waals surface area contributed by atoms with Crippen molar-refractivity contribution in [1.29, 1.82) is 0 Å². The Balaban J connectivity index is 1.00. The van der Waals surface area contributed by atoms with Crippen molar-refractivity contribution in [1.82, 2.24) is 34.5 Å². The Kier molecular flexibility index (Phi) is 8.18. The molecule has 0 aliphatic carbocycles. The van der Waals surface area contributed by atoms with Crippen LogP contribution in [-0.2, 0) is 59.1 Å². The number of carbonyl (C=O) groups excluding carboxylic acids is 2. The van der Waals surface area contributed by atoms with Crippen molar-refractivity contribution in [2.75, 3.05) is 23.8 Å². The fourth-order valence-electron chi connectivity index (χ4n) is 7.05. The lowest BCUT2D eigenvalue weighted by Gasteiger charge is -2.30. The first-order chi connectivity index (χ1) is 24.9. The summed E-state index contributed by atoms with van der Waals surface area (Å²) in [5.74, 6) is -0.288. The van der Waals surface area contributed by atoms with Gasteiger partial charge in [-0.05, 0) is 6.07 Å². The molecule has 10 atom stereocenters. The van der Waals surface area contributed by atoms with Gasteiger partial charge < -0.3 is 43.3 Å². The van der Waals surface area contributed by atoms with E-state index in [-0.39, 0.29) is 54.6 Å². The largest absolute Gasteiger partial charge is 0.385 e. The summed E-state index contributed by atoms with van der Waals surface area (Å²) >= 11 is 0. The van der Waals surface area contributed by atoms with Crippen molar-refractivity contribution < 1.29 is 55.8 Å². The van der Waals surface area contributed by atoms with Crippen LogP contribution in [0.25, 0.3) is 22.1 Å². The number of amides is 2. The lowest BCUT2D eigenvalue weighted by atomic mass is 10.1. The predicted octanol–water partition coefficient (Wildman–Crippen LogP) is 0.905. The molecule has 25 heteroatoms. The van der Waals surface area contributed by atoms with Crippen LogP contribution in [-0.4, -0.2) is 116 Å². The van der Waals surface area contributed by atoms with Crippen molar-refractivity contribution in [3.05, 3.63) is 30.0 Å². The fraction of sp³-hybridized carbons (Fsp3) is 0.519. The third kappa shape index (κ3) is 5.79. The molecule has 0 spiro atoms. The molecule has 52 heavy (non-hydrogen) atoms. The predicted molar refractivity (Wildman–Crippen MR) is 174 cm³/mol. The second-order valence-corrected chi connectivity index (χ2v) is 15.8. The summed E-state index contributed by atoms with van der Waals surface area (Å²) in [5.41, 5.74) is 1.77. The minimum Gasteiger partial charge on any atom is -0.385 e. The summed E-state index contributed by atoms with van der Waals surface area (Å²) in [6, 6.07) is 1.61. The van der Waals surface area contributed by atoms with E-state index in [1.54, 1.807) is 6.07 Å². The third-order valence-electron chi connectivity index (χ3n) is 9.37. The average Bonchev–Trinajstić information content (AvgIpc) is 3.76. The maximum Gasteiger partial charge on any atom is 0.264 e. The number of pyridine rings is 1. The number of rotatable bonds is 2. The van der Waals surface area contributed by atoms with Crippen LogP contribution in [0, 0.1) is 0 Å². The minimum absolute atomic E-state index is 0.0902. The Morgan fingerprint density at radius 1 is 0.808 bits per heavy atom. The van der Waals surface area contributed by atoms with Gasteiger partial charge in [0.05, 0.1) is 41.1 Å². The molecule has 4 aromatic heterocycles. The summed E-state index contributed by atoms with van der Waals surface area (Å²) < 4.78 is 80.0. The highest BCUT2D eigenvalue weighted by molar-refractivity contribution is 7.79. The van der Waals surface area contributed by atoms with Gasteiger partial charge in [-0.3, -0.25) is 18.7 Å². The van der Waals surface area contributed by atoms with Crippen LogP contribution in [0.3, 0.4) is 0 Å². The lowest BCUT2D eigenvalue weighted by molar-refractivity contribution is -0.117. The van der Waals surface area contributed by atoms with Gasteiger partial charge in [-0.2, -0.15) is 10.2 Å². The van der Waals surface area contributed by atoms with Gasteiger partial charge in [0.25, 0.3) is 14.9 Å². The highest BCUT2D eigenvalue weighted by Gasteiger charge is 2.54. The van der Waals surface area contributed by atoms with Gasteiger partial charge in [0.1, 0.15) is 42.7 Å². The number of nitrogens with zero attached hydrogens (tertiary/aromatic N) is 7. The van der Waals surface area contributed by atoms with Crippen molar-refractivity contribution in [2.45, 2.75) is 74.8 Å². The Bertz CT molecular complexity index is 2090. The second-order valence-electron chi connectivity index (χ2n) is 12.7. The topological polar surface area (TPSA) is 242 Å². The standard InChI is InChI=1S/C27H26B2FN9O11P2/c28-51(43)46-8-14-22(20(42)27(48-14)39-24-17-10(5-6-31-24)34-15(40)3-1-11(17)36-39)50-52(29,44)45-7-13-21(49-51)19(30)26(47-13)38-25-18-12(37-38)2-4-16(41)35-23(18)32-9-33-25/h5-6,9,13-14,19-22,26-27,42H,1-4,7-8H2,(H,34,40)(H,32,33,35,41)/t13-,14-,19?,20+,21+,22?,26-,27-,51?,52?/m1/s1. The van der Waals surface area contributed by atoms with E-state index in [2.05, 4.69) is 35.8 Å². The van der Waals surface area contributed by atoms with Crippen LogP contribution in [0.15, 0.2) is 18.6 Å². The summed E-state index contributed by atoms with van der Waals surface area (Å²) in [6.07, 6.45) is -9.37. The highest BCUT2D eigenvalue weighted by atomic mass is 31.2. The smallest absolute Gasteiger partial charge is 0.264 e. The fourth-order valence-corrected chi connectivity index (χ4v) is 9.07. The van der Waals surface area contributed by atoms with Crippen LogP contribution in [0.2, 0.25) is 0 Å². The van der Waals surface area contributed by atoms with Crippen molar-refractivity contribution in [3.63, 3.8) is 0 Å². The number of carbonyl (C=O) groups is 2. The molecule has 4 unspecified atom stereocenters. The van der Waals surface area contributed by atoms with E-state index in [0.717, 1.165) is 11.0 Å². The molecule has 4 radical (unpaired) electrons. The summed E-state index contributed by atoms with van der Waals surface area (Å²) in [6.45, 7) is -1.40. The van der Waals surface area contributed by atoms with E-state index >= 15 is 4.39 Å². The van der Waals surface area contributed by atoms with Crippen LogP contribution >= 0.6 is 14.9 Å².